The molecule has 11 heteroatoms. The molecule has 2 rings (SSSR count). The normalized spacial score (nSPS) is 10.9. The molecule has 0 atom stereocenters. The van der Waals surface area contributed by atoms with Crippen LogP contribution in [0.25, 0.3) is 0 Å². The van der Waals surface area contributed by atoms with Gasteiger partial charge in [-0.05, 0) is 24.3 Å². The number of carbonyl (C=O) groups is 2. The van der Waals surface area contributed by atoms with Gasteiger partial charge in [0.15, 0.2) is 5.69 Å². The fourth-order valence-electron chi connectivity index (χ4n) is 1.70. The van der Waals surface area contributed by atoms with Gasteiger partial charge in [-0.2, -0.15) is 13.2 Å². The van der Waals surface area contributed by atoms with E-state index in [2.05, 4.69) is 25.6 Å². The lowest BCUT2D eigenvalue weighted by molar-refractivity contribution is -0.141. The van der Waals surface area contributed by atoms with Crippen molar-refractivity contribution < 1.29 is 31.9 Å². The van der Waals surface area contributed by atoms with Gasteiger partial charge in [0.05, 0.1) is 7.11 Å². The number of halogens is 4. The highest BCUT2D eigenvalue weighted by molar-refractivity contribution is 5.94. The molecule has 0 radical (unpaired) electrons. The Morgan fingerprint density at radius 2 is 1.80 bits per heavy atom. The second kappa shape index (κ2) is 7.11. The fraction of sp³-hybridized carbons (Fsp3) is 0.143. The minimum atomic E-state index is -4.94. The van der Waals surface area contributed by atoms with Crippen LogP contribution in [0.5, 0.6) is 0 Å². The molecule has 0 saturated carbocycles. The smallest absolute Gasteiger partial charge is 0.434 e. The van der Waals surface area contributed by atoms with Gasteiger partial charge in [0.25, 0.3) is 5.91 Å². The summed E-state index contributed by atoms with van der Waals surface area (Å²) in [5.41, 5.74) is 1.80. The largest absolute Gasteiger partial charge is 0.465 e. The number of hydrogen-bond donors (Lipinski definition) is 2. The summed E-state index contributed by atoms with van der Waals surface area (Å²) in [5, 5.41) is 0. The maximum atomic E-state index is 13.0. The number of nitrogens with one attached hydrogen (secondary N) is 2. The van der Waals surface area contributed by atoms with E-state index in [0.29, 0.717) is 6.20 Å². The maximum absolute atomic E-state index is 13.0. The van der Waals surface area contributed by atoms with Crippen molar-refractivity contribution in [3.63, 3.8) is 0 Å². The number of amides is 1. The maximum Gasteiger partial charge on any atom is 0.434 e. The first-order chi connectivity index (χ1) is 11.7. The first kappa shape index (κ1) is 18.1. The molecular formula is C14H10F4N4O3. The van der Waals surface area contributed by atoms with Gasteiger partial charge >= 0.3 is 12.1 Å². The van der Waals surface area contributed by atoms with Gasteiger partial charge in [-0.15, -0.1) is 0 Å². The minimum absolute atomic E-state index is 0.0520. The number of hydrogen-bond acceptors (Lipinski definition) is 6. The Kier molecular flexibility index (Phi) is 5.15. The van der Waals surface area contributed by atoms with Gasteiger partial charge in [-0.25, -0.2) is 19.2 Å². The molecule has 1 aromatic heterocycles. The molecule has 0 saturated heterocycles. The van der Waals surface area contributed by atoms with Gasteiger partial charge in [0, 0.05) is 11.8 Å². The fourth-order valence-corrected chi connectivity index (χ4v) is 1.70. The number of rotatable bonds is 4. The second-order valence-corrected chi connectivity index (χ2v) is 4.53. The summed E-state index contributed by atoms with van der Waals surface area (Å²) in [6.07, 6.45) is -4.32. The van der Waals surface area contributed by atoms with E-state index in [1.54, 1.807) is 0 Å². The summed E-state index contributed by atoms with van der Waals surface area (Å²) in [7, 11) is 0.914. The van der Waals surface area contributed by atoms with Gasteiger partial charge in [-0.3, -0.25) is 15.6 Å². The zero-order valence-electron chi connectivity index (χ0n) is 12.5. The lowest BCUT2D eigenvalue weighted by atomic mass is 10.2. The second-order valence-electron chi connectivity index (χ2n) is 4.53. The third-order valence-electron chi connectivity index (χ3n) is 2.86. The zero-order chi connectivity index (χ0) is 18.6. The van der Waals surface area contributed by atoms with E-state index in [0.717, 1.165) is 19.2 Å². The molecule has 2 aromatic rings. The molecule has 0 aliphatic rings. The molecule has 132 valence electrons. The number of carbonyl (C=O) groups excluding carboxylic acids is 2. The first-order valence-corrected chi connectivity index (χ1v) is 6.57. The summed E-state index contributed by atoms with van der Waals surface area (Å²) in [5.74, 6) is -3.17. The number of benzene rings is 1. The topological polar surface area (TPSA) is 93.2 Å². The number of nitrogens with zero attached hydrogens (tertiary/aromatic N) is 2. The summed E-state index contributed by atoms with van der Waals surface area (Å²) in [4.78, 5) is 29.8. The van der Waals surface area contributed by atoms with Crippen LogP contribution < -0.4 is 10.9 Å². The van der Waals surface area contributed by atoms with Crippen molar-refractivity contribution in [2.45, 2.75) is 6.18 Å². The predicted molar refractivity (Wildman–Crippen MR) is 75.9 cm³/mol. The monoisotopic (exact) mass is 358 g/mol. The van der Waals surface area contributed by atoms with E-state index in [1.807, 2.05) is 0 Å². The van der Waals surface area contributed by atoms with Crippen LogP contribution >= 0.6 is 0 Å². The highest BCUT2D eigenvalue weighted by Gasteiger charge is 2.38. The van der Waals surface area contributed by atoms with Crippen molar-refractivity contribution in [3.05, 3.63) is 53.1 Å². The molecule has 1 aromatic carbocycles. The van der Waals surface area contributed by atoms with Gasteiger partial charge < -0.3 is 4.74 Å². The van der Waals surface area contributed by atoms with Gasteiger partial charge in [0.1, 0.15) is 11.4 Å². The number of aromatic nitrogens is 2. The quantitative estimate of drug-likeness (QED) is 0.494. The first-order valence-electron chi connectivity index (χ1n) is 6.57. The van der Waals surface area contributed by atoms with Crippen LogP contribution in [-0.4, -0.2) is 29.0 Å². The number of anilines is 1. The van der Waals surface area contributed by atoms with E-state index < -0.39 is 41.1 Å². The Hall–Kier alpha value is -3.24. The summed E-state index contributed by atoms with van der Waals surface area (Å²) in [6, 6.07) is 4.43. The molecule has 0 spiro atoms. The SMILES string of the molecule is COC(=O)c1cnc(NNC(=O)c2ccc(F)cc2)nc1C(F)(F)F. The number of esters is 1. The van der Waals surface area contributed by atoms with Crippen molar-refractivity contribution in [1.82, 2.24) is 15.4 Å². The standard InChI is InChI=1S/C14H10F4N4O3/c1-25-12(24)9-6-19-13(20-10(9)14(16,17)18)22-21-11(23)7-2-4-8(15)5-3-7/h2-6H,1H3,(H,21,23)(H,19,20,22). The average Bonchev–Trinajstić information content (AvgIpc) is 2.58. The van der Waals surface area contributed by atoms with Crippen LogP contribution in [0.2, 0.25) is 0 Å². The third kappa shape index (κ3) is 4.40. The molecule has 1 heterocycles. The van der Waals surface area contributed by atoms with E-state index in [1.165, 1.54) is 12.1 Å². The molecule has 0 unspecified atom stereocenters. The Morgan fingerprint density at radius 1 is 1.16 bits per heavy atom. The minimum Gasteiger partial charge on any atom is -0.465 e. The predicted octanol–water partition coefficient (Wildman–Crippen LogP) is 2.18. The number of alkyl halides is 3. The lowest BCUT2D eigenvalue weighted by Gasteiger charge is -2.12. The lowest BCUT2D eigenvalue weighted by Crippen LogP contribution is -2.31. The molecule has 0 aliphatic heterocycles. The Morgan fingerprint density at radius 3 is 2.36 bits per heavy atom. The zero-order valence-corrected chi connectivity index (χ0v) is 12.5. The van der Waals surface area contributed by atoms with E-state index in [4.69, 9.17) is 0 Å². The molecule has 0 fully saturated rings. The third-order valence-corrected chi connectivity index (χ3v) is 2.86. The molecule has 7 nitrogen and oxygen atoms in total. The average molecular weight is 358 g/mol. The van der Waals surface area contributed by atoms with Crippen LogP contribution in [0, 0.1) is 5.82 Å². The van der Waals surface area contributed by atoms with Crippen LogP contribution in [0.1, 0.15) is 26.4 Å². The number of methoxy groups -OCH3 is 1. The van der Waals surface area contributed by atoms with Crippen LogP contribution in [-0.2, 0) is 10.9 Å². The molecule has 1 amide bonds. The van der Waals surface area contributed by atoms with Crippen molar-refractivity contribution in [2.24, 2.45) is 0 Å². The highest BCUT2D eigenvalue weighted by Crippen LogP contribution is 2.31. The van der Waals surface area contributed by atoms with E-state index in [9.17, 15) is 27.2 Å². The summed E-state index contributed by atoms with van der Waals surface area (Å²) < 4.78 is 55.9. The Balaban J connectivity index is 2.18. The molecule has 2 N–H and O–H groups in total. The highest BCUT2D eigenvalue weighted by atomic mass is 19.4. The van der Waals surface area contributed by atoms with Crippen molar-refractivity contribution in [1.29, 1.82) is 0 Å². The van der Waals surface area contributed by atoms with E-state index >= 15 is 0 Å². The van der Waals surface area contributed by atoms with E-state index in [-0.39, 0.29) is 5.56 Å². The number of ether oxygens (including phenoxy) is 1. The molecular weight excluding hydrogens is 348 g/mol. The molecule has 0 aliphatic carbocycles. The van der Waals surface area contributed by atoms with Crippen molar-refractivity contribution >= 4 is 17.8 Å². The molecule has 25 heavy (non-hydrogen) atoms. The van der Waals surface area contributed by atoms with Crippen LogP contribution in [0.15, 0.2) is 30.5 Å². The molecule has 0 bridgehead atoms. The van der Waals surface area contributed by atoms with Crippen molar-refractivity contribution in [3.8, 4) is 0 Å². The Bertz CT molecular complexity index is 794. The Labute approximate surface area is 138 Å². The van der Waals surface area contributed by atoms with Gasteiger partial charge in [0.2, 0.25) is 5.95 Å². The van der Waals surface area contributed by atoms with Crippen LogP contribution in [0.3, 0.4) is 0 Å². The summed E-state index contributed by atoms with van der Waals surface area (Å²) in [6.45, 7) is 0. The van der Waals surface area contributed by atoms with Crippen molar-refractivity contribution in [2.75, 3.05) is 12.5 Å². The number of hydrazine groups is 1. The van der Waals surface area contributed by atoms with Gasteiger partial charge in [-0.1, -0.05) is 0 Å². The van der Waals surface area contributed by atoms with Crippen LogP contribution in [0.4, 0.5) is 23.5 Å². The summed E-state index contributed by atoms with van der Waals surface area (Å²) >= 11 is 0.